The third kappa shape index (κ3) is 5.28. The van der Waals surface area contributed by atoms with Crippen molar-refractivity contribution < 1.29 is 18.4 Å². The highest BCUT2D eigenvalue weighted by Gasteiger charge is 2.23. The van der Waals surface area contributed by atoms with E-state index < -0.39 is 17.5 Å². The molecular weight excluding hydrogens is 404 g/mol. The number of piperazine rings is 1. The van der Waals surface area contributed by atoms with Gasteiger partial charge in [-0.05, 0) is 36.8 Å². The van der Waals surface area contributed by atoms with E-state index in [1.807, 2.05) is 11.0 Å². The lowest BCUT2D eigenvalue weighted by molar-refractivity contribution is 0.0953. The number of carbonyl (C=O) groups is 2. The molecular formula is C22H23F2N5O2. The second-order valence-electron chi connectivity index (χ2n) is 7.17. The summed E-state index contributed by atoms with van der Waals surface area (Å²) < 4.78 is 27.4. The number of rotatable bonds is 5. The first-order chi connectivity index (χ1) is 14.9. The number of nitriles is 1. The first-order valence-electron chi connectivity index (χ1n) is 9.91. The highest BCUT2D eigenvalue weighted by Crippen LogP contribution is 2.23. The SMILES string of the molecule is Cc1ccc(C(=O)NCCNC(=O)N2CCN(c3cccc(F)c3C#N)CC2)cc1F. The number of aryl methyl sites for hydroxylation is 1. The zero-order valence-corrected chi connectivity index (χ0v) is 17.1. The number of carbonyl (C=O) groups excluding carboxylic acids is 2. The van der Waals surface area contributed by atoms with Crippen LogP contribution in [-0.4, -0.2) is 56.1 Å². The molecule has 0 unspecified atom stereocenters. The second-order valence-corrected chi connectivity index (χ2v) is 7.17. The molecule has 9 heteroatoms. The molecule has 1 fully saturated rings. The minimum atomic E-state index is -0.560. The molecule has 2 N–H and O–H groups in total. The van der Waals surface area contributed by atoms with Crippen molar-refractivity contribution in [1.29, 1.82) is 5.26 Å². The summed E-state index contributed by atoms with van der Waals surface area (Å²) in [4.78, 5) is 27.9. The van der Waals surface area contributed by atoms with E-state index >= 15 is 0 Å². The molecule has 0 aromatic heterocycles. The van der Waals surface area contributed by atoms with Gasteiger partial charge in [0, 0.05) is 44.8 Å². The molecule has 1 saturated heterocycles. The summed E-state index contributed by atoms with van der Waals surface area (Å²) in [7, 11) is 0. The van der Waals surface area contributed by atoms with Gasteiger partial charge < -0.3 is 20.4 Å². The number of anilines is 1. The molecule has 1 aliphatic heterocycles. The Hall–Kier alpha value is -3.67. The van der Waals surface area contributed by atoms with Crippen molar-refractivity contribution in [1.82, 2.24) is 15.5 Å². The Morgan fingerprint density at radius 3 is 2.42 bits per heavy atom. The molecule has 0 atom stereocenters. The number of benzene rings is 2. The Morgan fingerprint density at radius 2 is 1.74 bits per heavy atom. The first-order valence-corrected chi connectivity index (χ1v) is 9.91. The lowest BCUT2D eigenvalue weighted by Crippen LogP contribution is -2.52. The van der Waals surface area contributed by atoms with Crippen LogP contribution < -0.4 is 15.5 Å². The van der Waals surface area contributed by atoms with Gasteiger partial charge in [0.1, 0.15) is 23.3 Å². The number of urea groups is 1. The fraction of sp³-hybridized carbons (Fsp3) is 0.318. The maximum absolute atomic E-state index is 13.8. The lowest BCUT2D eigenvalue weighted by atomic mass is 10.1. The summed E-state index contributed by atoms with van der Waals surface area (Å²) in [6.45, 7) is 3.83. The molecule has 0 spiro atoms. The van der Waals surface area contributed by atoms with Crippen LogP contribution in [0.1, 0.15) is 21.5 Å². The minimum Gasteiger partial charge on any atom is -0.367 e. The fourth-order valence-electron chi connectivity index (χ4n) is 3.33. The number of hydrogen-bond donors (Lipinski definition) is 2. The van der Waals surface area contributed by atoms with Crippen molar-refractivity contribution in [2.75, 3.05) is 44.2 Å². The molecule has 3 rings (SSSR count). The van der Waals surface area contributed by atoms with E-state index in [2.05, 4.69) is 10.6 Å². The Kier molecular flexibility index (Phi) is 7.03. The van der Waals surface area contributed by atoms with E-state index in [0.717, 1.165) is 0 Å². The van der Waals surface area contributed by atoms with E-state index in [9.17, 15) is 23.6 Å². The summed E-state index contributed by atoms with van der Waals surface area (Å²) in [5.41, 5.74) is 1.22. The van der Waals surface area contributed by atoms with Crippen molar-refractivity contribution in [2.24, 2.45) is 0 Å². The predicted molar refractivity (Wildman–Crippen MR) is 112 cm³/mol. The summed E-state index contributed by atoms with van der Waals surface area (Å²) >= 11 is 0. The molecule has 1 aliphatic rings. The number of nitrogens with zero attached hydrogens (tertiary/aromatic N) is 3. The Bertz CT molecular complexity index is 1010. The van der Waals surface area contributed by atoms with Crippen LogP contribution in [0.4, 0.5) is 19.3 Å². The molecule has 7 nitrogen and oxygen atoms in total. The van der Waals surface area contributed by atoms with Gasteiger partial charge in [0.15, 0.2) is 0 Å². The van der Waals surface area contributed by atoms with Crippen LogP contribution in [0, 0.1) is 29.9 Å². The van der Waals surface area contributed by atoms with Crippen LogP contribution in [0.2, 0.25) is 0 Å². The summed E-state index contributed by atoms with van der Waals surface area (Å²) in [6.07, 6.45) is 0. The average molecular weight is 427 g/mol. The van der Waals surface area contributed by atoms with Gasteiger partial charge in [-0.15, -0.1) is 0 Å². The van der Waals surface area contributed by atoms with E-state index in [-0.39, 0.29) is 30.2 Å². The van der Waals surface area contributed by atoms with Crippen LogP contribution in [0.25, 0.3) is 0 Å². The smallest absolute Gasteiger partial charge is 0.317 e. The van der Waals surface area contributed by atoms with Gasteiger partial charge in [0.25, 0.3) is 5.91 Å². The first kappa shape index (κ1) is 22.0. The van der Waals surface area contributed by atoms with Crippen LogP contribution in [-0.2, 0) is 0 Å². The van der Waals surface area contributed by atoms with Gasteiger partial charge in [-0.2, -0.15) is 5.26 Å². The third-order valence-electron chi connectivity index (χ3n) is 5.13. The van der Waals surface area contributed by atoms with E-state index in [1.165, 1.54) is 18.2 Å². The van der Waals surface area contributed by atoms with Crippen molar-refractivity contribution in [3.05, 3.63) is 64.7 Å². The maximum atomic E-state index is 13.8. The molecule has 31 heavy (non-hydrogen) atoms. The van der Waals surface area contributed by atoms with Crippen molar-refractivity contribution in [3.8, 4) is 6.07 Å². The topological polar surface area (TPSA) is 88.5 Å². The van der Waals surface area contributed by atoms with Crippen LogP contribution in [0.3, 0.4) is 0 Å². The zero-order chi connectivity index (χ0) is 22.4. The predicted octanol–water partition coefficient (Wildman–Crippen LogP) is 2.41. The van der Waals surface area contributed by atoms with Crippen LogP contribution >= 0.6 is 0 Å². The molecule has 2 aromatic rings. The number of halogens is 2. The van der Waals surface area contributed by atoms with Crippen molar-refractivity contribution in [3.63, 3.8) is 0 Å². The third-order valence-corrected chi connectivity index (χ3v) is 5.13. The van der Waals surface area contributed by atoms with Crippen LogP contribution in [0.5, 0.6) is 0 Å². The fourth-order valence-corrected chi connectivity index (χ4v) is 3.33. The number of amides is 3. The Balaban J connectivity index is 1.42. The highest BCUT2D eigenvalue weighted by atomic mass is 19.1. The normalized spacial score (nSPS) is 13.5. The largest absolute Gasteiger partial charge is 0.367 e. The molecule has 0 radical (unpaired) electrons. The minimum absolute atomic E-state index is 0.00426. The standard InChI is InChI=1S/C22H23F2N5O2/c1-15-5-6-16(13-19(15)24)21(30)26-7-8-27-22(31)29-11-9-28(10-12-29)20-4-2-3-18(23)17(20)14-25/h2-6,13H,7-12H2,1H3,(H,26,30)(H,27,31). The van der Waals surface area contributed by atoms with Gasteiger partial charge in [0.2, 0.25) is 0 Å². The molecule has 162 valence electrons. The quantitative estimate of drug-likeness (QED) is 0.718. The van der Waals surface area contributed by atoms with Gasteiger partial charge in [-0.25, -0.2) is 13.6 Å². The zero-order valence-electron chi connectivity index (χ0n) is 17.1. The lowest BCUT2D eigenvalue weighted by Gasteiger charge is -2.36. The number of nitrogens with one attached hydrogen (secondary N) is 2. The molecule has 1 heterocycles. The number of hydrogen-bond acceptors (Lipinski definition) is 4. The van der Waals surface area contributed by atoms with Crippen LogP contribution in [0.15, 0.2) is 36.4 Å². The summed E-state index contributed by atoms with van der Waals surface area (Å²) in [5.74, 6) is -1.42. The molecule has 2 aromatic carbocycles. The van der Waals surface area contributed by atoms with Gasteiger partial charge in [0.05, 0.1) is 5.69 Å². The molecule has 0 saturated carbocycles. The summed E-state index contributed by atoms with van der Waals surface area (Å²) in [6, 6.07) is 10.4. The van der Waals surface area contributed by atoms with E-state index in [0.29, 0.717) is 37.4 Å². The average Bonchev–Trinajstić information content (AvgIpc) is 2.78. The second kappa shape index (κ2) is 9.89. The van der Waals surface area contributed by atoms with E-state index in [1.54, 1.807) is 30.0 Å². The molecule has 0 aliphatic carbocycles. The van der Waals surface area contributed by atoms with Crippen molar-refractivity contribution >= 4 is 17.6 Å². The summed E-state index contributed by atoms with van der Waals surface area (Å²) in [5, 5.41) is 14.6. The Labute approximate surface area is 179 Å². The monoisotopic (exact) mass is 427 g/mol. The highest BCUT2D eigenvalue weighted by molar-refractivity contribution is 5.94. The maximum Gasteiger partial charge on any atom is 0.317 e. The molecule has 0 bridgehead atoms. The van der Waals surface area contributed by atoms with E-state index in [4.69, 9.17) is 0 Å². The van der Waals surface area contributed by atoms with Gasteiger partial charge in [-0.1, -0.05) is 12.1 Å². The van der Waals surface area contributed by atoms with Gasteiger partial charge in [-0.3, -0.25) is 4.79 Å². The van der Waals surface area contributed by atoms with Crippen molar-refractivity contribution in [2.45, 2.75) is 6.92 Å². The molecule has 3 amide bonds. The van der Waals surface area contributed by atoms with Gasteiger partial charge >= 0.3 is 6.03 Å². The Morgan fingerprint density at radius 1 is 1.03 bits per heavy atom.